The van der Waals surface area contributed by atoms with Crippen LogP contribution in [0.5, 0.6) is 0 Å². The fourth-order valence-corrected chi connectivity index (χ4v) is 5.46. The van der Waals surface area contributed by atoms with E-state index in [0.29, 0.717) is 5.92 Å². The van der Waals surface area contributed by atoms with Crippen molar-refractivity contribution in [1.29, 1.82) is 0 Å². The lowest BCUT2D eigenvalue weighted by Gasteiger charge is -2.53. The first kappa shape index (κ1) is 14.0. The van der Waals surface area contributed by atoms with Crippen LogP contribution in [0.1, 0.15) is 53.1 Å². The van der Waals surface area contributed by atoms with Crippen LogP contribution in [0.25, 0.3) is 0 Å². The maximum atomic E-state index is 13.2. The van der Waals surface area contributed by atoms with Crippen molar-refractivity contribution in [2.75, 3.05) is 19.6 Å². The molecule has 4 heterocycles. The second-order valence-corrected chi connectivity index (χ2v) is 7.71. The summed E-state index contributed by atoms with van der Waals surface area (Å²) in [5.74, 6) is 0.737. The number of aryl methyl sites for hydroxylation is 1. The van der Waals surface area contributed by atoms with Crippen molar-refractivity contribution in [3.05, 3.63) is 34.9 Å². The van der Waals surface area contributed by atoms with E-state index in [9.17, 15) is 9.90 Å². The van der Waals surface area contributed by atoms with Gasteiger partial charge < -0.3 is 14.9 Å². The molecule has 5 aliphatic rings. The molecule has 1 amide bonds. The lowest BCUT2D eigenvalue weighted by Crippen LogP contribution is -2.63. The molecular weight excluding hydrogens is 288 g/mol. The Morgan fingerprint density at radius 2 is 1.96 bits per heavy atom. The zero-order chi connectivity index (χ0) is 15.6. The van der Waals surface area contributed by atoms with Crippen molar-refractivity contribution in [1.82, 2.24) is 9.80 Å². The fourth-order valence-electron chi connectivity index (χ4n) is 5.46. The Hall–Kier alpha value is -1.39. The molecule has 122 valence electrons. The summed E-state index contributed by atoms with van der Waals surface area (Å²) in [5.41, 5.74) is 3.28. The molecule has 23 heavy (non-hydrogen) atoms. The van der Waals surface area contributed by atoms with E-state index >= 15 is 0 Å². The molecule has 3 atom stereocenters. The third kappa shape index (κ3) is 1.94. The third-order valence-corrected chi connectivity index (χ3v) is 6.62. The van der Waals surface area contributed by atoms with E-state index in [-0.39, 0.29) is 17.9 Å². The highest BCUT2D eigenvalue weighted by Gasteiger charge is 2.48. The molecular formula is C19H24N2O2. The maximum Gasteiger partial charge on any atom is 0.256 e. The van der Waals surface area contributed by atoms with Gasteiger partial charge in [-0.25, -0.2) is 0 Å². The van der Waals surface area contributed by atoms with Gasteiger partial charge in [-0.15, -0.1) is 0 Å². The van der Waals surface area contributed by atoms with Crippen LogP contribution in [0, 0.1) is 5.92 Å². The summed E-state index contributed by atoms with van der Waals surface area (Å²) in [5, 5.41) is 11.1. The van der Waals surface area contributed by atoms with E-state index in [4.69, 9.17) is 0 Å². The van der Waals surface area contributed by atoms with Crippen LogP contribution in [-0.4, -0.2) is 52.7 Å². The summed E-state index contributed by atoms with van der Waals surface area (Å²) in [6, 6.07) is 6.31. The molecule has 1 aromatic carbocycles. The first-order valence-corrected chi connectivity index (χ1v) is 9.09. The molecule has 3 saturated heterocycles. The number of aliphatic hydroxyl groups is 1. The fraction of sp³-hybridized carbons (Fsp3) is 0.632. The highest BCUT2D eigenvalue weighted by atomic mass is 16.3. The molecule has 1 aliphatic carbocycles. The number of piperidine rings is 3. The van der Waals surface area contributed by atoms with Gasteiger partial charge in [0.2, 0.25) is 0 Å². The summed E-state index contributed by atoms with van der Waals surface area (Å²) < 4.78 is 0. The van der Waals surface area contributed by atoms with Gasteiger partial charge in [0.15, 0.2) is 0 Å². The maximum absolute atomic E-state index is 13.2. The lowest BCUT2D eigenvalue weighted by atomic mass is 9.74. The zero-order valence-electron chi connectivity index (χ0n) is 13.4. The first-order valence-electron chi connectivity index (χ1n) is 9.09. The second-order valence-electron chi connectivity index (χ2n) is 7.71. The Morgan fingerprint density at radius 3 is 2.70 bits per heavy atom. The first-order chi connectivity index (χ1) is 11.2. The number of hydrogen-bond acceptors (Lipinski definition) is 3. The monoisotopic (exact) mass is 312 g/mol. The van der Waals surface area contributed by atoms with Crippen LogP contribution in [0.3, 0.4) is 0 Å². The predicted molar refractivity (Wildman–Crippen MR) is 87.2 cm³/mol. The van der Waals surface area contributed by atoms with Gasteiger partial charge in [-0.1, -0.05) is 12.1 Å². The Morgan fingerprint density at radius 1 is 1.13 bits per heavy atom. The molecule has 0 radical (unpaired) electrons. The van der Waals surface area contributed by atoms with E-state index < -0.39 is 6.23 Å². The van der Waals surface area contributed by atoms with Gasteiger partial charge in [0.25, 0.3) is 5.91 Å². The number of carbonyl (C=O) groups excluding carboxylic acids is 1. The SMILES string of the molecule is O=C1c2cccc3c2C(CCC3)C(O)N1[C@H]1CN2CCC1CC2. The Balaban J connectivity index is 1.58. The van der Waals surface area contributed by atoms with Crippen LogP contribution in [-0.2, 0) is 6.42 Å². The quantitative estimate of drug-likeness (QED) is 0.862. The molecule has 0 aromatic heterocycles. The summed E-state index contributed by atoms with van der Waals surface area (Å²) in [7, 11) is 0. The van der Waals surface area contributed by atoms with Crippen LogP contribution < -0.4 is 0 Å². The van der Waals surface area contributed by atoms with Crippen LogP contribution >= 0.6 is 0 Å². The van der Waals surface area contributed by atoms with Crippen molar-refractivity contribution >= 4 is 5.91 Å². The molecule has 0 spiro atoms. The Bertz CT molecular complexity index is 651. The van der Waals surface area contributed by atoms with Gasteiger partial charge in [0.05, 0.1) is 6.04 Å². The Labute approximate surface area is 137 Å². The molecule has 2 unspecified atom stereocenters. The molecule has 1 N–H and O–H groups in total. The number of amides is 1. The zero-order valence-corrected chi connectivity index (χ0v) is 13.4. The summed E-state index contributed by atoms with van der Waals surface area (Å²) in [6.07, 6.45) is 4.84. The van der Waals surface area contributed by atoms with Gasteiger partial charge >= 0.3 is 0 Å². The molecule has 2 bridgehead atoms. The van der Waals surface area contributed by atoms with Crippen LogP contribution in [0.2, 0.25) is 0 Å². The van der Waals surface area contributed by atoms with Crippen LogP contribution in [0.15, 0.2) is 18.2 Å². The van der Waals surface area contributed by atoms with Crippen molar-refractivity contribution in [2.45, 2.75) is 50.3 Å². The highest BCUT2D eigenvalue weighted by Crippen LogP contribution is 2.44. The number of hydrogen-bond donors (Lipinski definition) is 1. The van der Waals surface area contributed by atoms with Gasteiger partial charge in [0, 0.05) is 18.0 Å². The van der Waals surface area contributed by atoms with E-state index in [2.05, 4.69) is 11.0 Å². The van der Waals surface area contributed by atoms with E-state index in [0.717, 1.165) is 50.0 Å². The minimum Gasteiger partial charge on any atom is -0.373 e. The smallest absolute Gasteiger partial charge is 0.256 e. The van der Waals surface area contributed by atoms with E-state index in [1.54, 1.807) is 0 Å². The average Bonchev–Trinajstić information content (AvgIpc) is 2.61. The molecule has 4 heteroatoms. The minimum atomic E-state index is -0.637. The van der Waals surface area contributed by atoms with Gasteiger partial charge in [-0.2, -0.15) is 0 Å². The highest BCUT2D eigenvalue weighted by molar-refractivity contribution is 5.98. The average molecular weight is 312 g/mol. The number of benzene rings is 1. The van der Waals surface area contributed by atoms with Crippen molar-refractivity contribution in [3.8, 4) is 0 Å². The standard InChI is InChI=1S/C19H24N2O2/c22-18-14-5-1-3-13-4-2-6-15(17(13)14)19(23)21(18)16-11-20-9-7-12(16)8-10-20/h1,3,5,12,15-16,19,23H,2,4,6-11H2/t15?,16-,19?/m0/s1. The van der Waals surface area contributed by atoms with E-state index in [1.165, 1.54) is 18.4 Å². The molecule has 6 rings (SSSR count). The largest absolute Gasteiger partial charge is 0.373 e. The van der Waals surface area contributed by atoms with Gasteiger partial charge in [0.1, 0.15) is 6.23 Å². The van der Waals surface area contributed by atoms with Crippen molar-refractivity contribution < 1.29 is 9.90 Å². The van der Waals surface area contributed by atoms with Crippen molar-refractivity contribution in [3.63, 3.8) is 0 Å². The summed E-state index contributed by atoms with van der Waals surface area (Å²) in [6.45, 7) is 3.25. The molecule has 0 saturated carbocycles. The summed E-state index contributed by atoms with van der Waals surface area (Å²) >= 11 is 0. The molecule has 3 fully saturated rings. The van der Waals surface area contributed by atoms with Crippen LogP contribution in [0.4, 0.5) is 0 Å². The summed E-state index contributed by atoms with van der Waals surface area (Å²) in [4.78, 5) is 17.5. The number of nitrogens with zero attached hydrogens (tertiary/aromatic N) is 2. The van der Waals surface area contributed by atoms with Crippen molar-refractivity contribution in [2.24, 2.45) is 5.92 Å². The normalized spacial score (nSPS) is 38.6. The number of fused-ring (bicyclic) bond motifs is 3. The number of rotatable bonds is 1. The Kier molecular flexibility index (Phi) is 3.07. The van der Waals surface area contributed by atoms with E-state index in [1.807, 2.05) is 17.0 Å². The molecule has 1 aromatic rings. The predicted octanol–water partition coefficient (Wildman–Crippen LogP) is 1.97. The topological polar surface area (TPSA) is 43.8 Å². The molecule has 4 aliphatic heterocycles. The second kappa shape index (κ2) is 5.05. The lowest BCUT2D eigenvalue weighted by molar-refractivity contribution is -0.0781. The molecule has 4 nitrogen and oxygen atoms in total. The minimum absolute atomic E-state index is 0.0613. The van der Waals surface area contributed by atoms with Gasteiger partial charge in [-0.05, 0) is 68.3 Å². The van der Waals surface area contributed by atoms with Gasteiger partial charge in [-0.3, -0.25) is 4.79 Å². The number of carbonyl (C=O) groups is 1. The number of aliphatic hydroxyl groups excluding tert-OH is 1. The third-order valence-electron chi connectivity index (χ3n) is 6.62.